The Bertz CT molecular complexity index is 977. The molecule has 168 valence electrons. The fourth-order valence-corrected chi connectivity index (χ4v) is 3.61. The minimum atomic E-state index is -4.85. The van der Waals surface area contributed by atoms with Crippen molar-refractivity contribution >= 4 is 17.6 Å². The quantitative estimate of drug-likeness (QED) is 0.597. The minimum absolute atomic E-state index is 0.0544. The third-order valence-electron chi connectivity index (χ3n) is 5.24. The Balaban J connectivity index is 1.67. The van der Waals surface area contributed by atoms with Crippen LogP contribution >= 0.6 is 11.6 Å². The van der Waals surface area contributed by atoms with Crippen LogP contribution < -0.4 is 10.9 Å². The molecule has 31 heavy (non-hydrogen) atoms. The van der Waals surface area contributed by atoms with Crippen LogP contribution in [0.15, 0.2) is 35.1 Å². The van der Waals surface area contributed by atoms with Gasteiger partial charge in [0.15, 0.2) is 6.10 Å². The second-order valence-corrected chi connectivity index (χ2v) is 7.96. The predicted octanol–water partition coefficient (Wildman–Crippen LogP) is 3.19. The number of aromatic nitrogens is 1. The molecule has 0 bridgehead atoms. The zero-order valence-corrected chi connectivity index (χ0v) is 17.4. The highest BCUT2D eigenvalue weighted by atomic mass is 35.5. The van der Waals surface area contributed by atoms with Gasteiger partial charge >= 0.3 is 12.2 Å². The molecule has 1 aromatic carbocycles. The number of nitrogens with zero attached hydrogens (tertiary/aromatic N) is 1. The van der Waals surface area contributed by atoms with Crippen molar-refractivity contribution in [2.24, 2.45) is 0 Å². The molecule has 3 N–H and O–H groups in total. The fraction of sp³-hybridized carbons (Fsp3) is 0.429. The maximum Gasteiger partial charge on any atom is 0.416 e. The first-order chi connectivity index (χ1) is 14.6. The van der Waals surface area contributed by atoms with E-state index in [-0.39, 0.29) is 25.1 Å². The summed E-state index contributed by atoms with van der Waals surface area (Å²) in [6.07, 6.45) is -4.69. The van der Waals surface area contributed by atoms with Gasteiger partial charge in [-0.1, -0.05) is 23.7 Å². The summed E-state index contributed by atoms with van der Waals surface area (Å²) in [5.41, 5.74) is 2.68. The normalized spacial score (nSPS) is 14.2. The summed E-state index contributed by atoms with van der Waals surface area (Å²) >= 11 is 5.83. The Morgan fingerprint density at radius 2 is 1.97 bits per heavy atom. The maximum atomic E-state index is 12.8. The molecular formula is C21H23ClF3N3O3. The van der Waals surface area contributed by atoms with Crippen LogP contribution in [0.3, 0.4) is 0 Å². The standard InChI is InChI=1S/C21H23ClF3N3O3/c22-16-6-4-13(5-7-16)8-9-28(12-18(29)21(23,24)25)20(31)26-11-15-10-14-2-1-3-17(14)27-19(15)30/h4-7,10,18,29H,1-3,8-9,11-12H2,(H,26,31)(H,27,30). The van der Waals surface area contributed by atoms with Crippen LogP contribution in [0.1, 0.15) is 28.8 Å². The second-order valence-electron chi connectivity index (χ2n) is 7.52. The summed E-state index contributed by atoms with van der Waals surface area (Å²) in [6, 6.07) is 7.64. The molecule has 0 spiro atoms. The number of aromatic amines is 1. The molecular weight excluding hydrogens is 435 g/mol. The lowest BCUT2D eigenvalue weighted by Crippen LogP contribution is -2.48. The maximum absolute atomic E-state index is 12.8. The molecule has 6 nitrogen and oxygen atoms in total. The molecule has 0 aliphatic heterocycles. The number of halogens is 4. The molecule has 0 saturated carbocycles. The van der Waals surface area contributed by atoms with Crippen molar-refractivity contribution in [2.75, 3.05) is 13.1 Å². The van der Waals surface area contributed by atoms with Crippen molar-refractivity contribution in [1.29, 1.82) is 0 Å². The highest BCUT2D eigenvalue weighted by Crippen LogP contribution is 2.21. The van der Waals surface area contributed by atoms with Crippen LogP contribution in [0.5, 0.6) is 0 Å². The molecule has 10 heteroatoms. The lowest BCUT2D eigenvalue weighted by atomic mass is 10.1. The number of hydrogen-bond donors (Lipinski definition) is 3. The van der Waals surface area contributed by atoms with Crippen LogP contribution in [0.25, 0.3) is 0 Å². The number of benzene rings is 1. The summed E-state index contributed by atoms with van der Waals surface area (Å²) < 4.78 is 38.5. The SMILES string of the molecule is O=C(NCc1cc2c([nH]c1=O)CCC2)N(CCc1ccc(Cl)cc1)CC(O)C(F)(F)F. The van der Waals surface area contributed by atoms with Gasteiger partial charge in [0.05, 0.1) is 6.54 Å². The number of amides is 2. The van der Waals surface area contributed by atoms with E-state index in [9.17, 15) is 27.9 Å². The molecule has 1 aliphatic rings. The summed E-state index contributed by atoms with van der Waals surface area (Å²) in [6.45, 7) is -1.09. The predicted molar refractivity (Wildman–Crippen MR) is 110 cm³/mol. The minimum Gasteiger partial charge on any atom is -0.382 e. The number of nitrogens with one attached hydrogen (secondary N) is 2. The van der Waals surface area contributed by atoms with E-state index in [1.165, 1.54) is 0 Å². The van der Waals surface area contributed by atoms with Crippen LogP contribution in [0, 0.1) is 0 Å². The molecule has 1 aliphatic carbocycles. The van der Waals surface area contributed by atoms with E-state index in [1.54, 1.807) is 30.3 Å². The van der Waals surface area contributed by atoms with Gasteiger partial charge in [0.25, 0.3) is 5.56 Å². The van der Waals surface area contributed by atoms with Crippen molar-refractivity contribution in [2.45, 2.75) is 44.5 Å². The number of pyridine rings is 1. The Morgan fingerprint density at radius 3 is 2.65 bits per heavy atom. The monoisotopic (exact) mass is 457 g/mol. The van der Waals surface area contributed by atoms with Crippen molar-refractivity contribution in [3.63, 3.8) is 0 Å². The van der Waals surface area contributed by atoms with Crippen molar-refractivity contribution in [3.8, 4) is 0 Å². The van der Waals surface area contributed by atoms with Gasteiger partial charge in [-0.15, -0.1) is 0 Å². The van der Waals surface area contributed by atoms with Crippen molar-refractivity contribution in [3.05, 3.63) is 68.1 Å². The van der Waals surface area contributed by atoms with Crippen LogP contribution in [-0.4, -0.2) is 46.4 Å². The Kier molecular flexibility index (Phi) is 7.27. The topological polar surface area (TPSA) is 85.4 Å². The second kappa shape index (κ2) is 9.74. The Morgan fingerprint density at radius 1 is 1.26 bits per heavy atom. The van der Waals surface area contributed by atoms with Gasteiger partial charge in [0.2, 0.25) is 0 Å². The van der Waals surface area contributed by atoms with E-state index in [0.29, 0.717) is 10.6 Å². The molecule has 1 aromatic heterocycles. The molecule has 3 rings (SSSR count). The molecule has 0 saturated heterocycles. The summed E-state index contributed by atoms with van der Waals surface area (Å²) in [5.74, 6) is 0. The van der Waals surface area contributed by atoms with Gasteiger partial charge < -0.3 is 20.3 Å². The largest absolute Gasteiger partial charge is 0.416 e. The average Bonchev–Trinajstić information content (AvgIpc) is 3.16. The summed E-state index contributed by atoms with van der Waals surface area (Å²) in [4.78, 5) is 28.5. The van der Waals surface area contributed by atoms with E-state index in [1.807, 2.05) is 0 Å². The fourth-order valence-electron chi connectivity index (χ4n) is 3.48. The Hall–Kier alpha value is -2.52. The molecule has 0 fully saturated rings. The molecule has 1 atom stereocenters. The van der Waals surface area contributed by atoms with Gasteiger partial charge in [-0.25, -0.2) is 4.79 Å². The number of carbonyl (C=O) groups excluding carboxylic acids is 1. The Labute approximate surface area is 182 Å². The first kappa shape index (κ1) is 23.1. The van der Waals surface area contributed by atoms with E-state index in [4.69, 9.17) is 11.6 Å². The number of aliphatic hydroxyl groups excluding tert-OH is 1. The lowest BCUT2D eigenvalue weighted by Gasteiger charge is -2.26. The van der Waals surface area contributed by atoms with E-state index < -0.39 is 24.9 Å². The first-order valence-electron chi connectivity index (χ1n) is 9.89. The number of aryl methyl sites for hydroxylation is 2. The highest BCUT2D eigenvalue weighted by Gasteiger charge is 2.40. The number of H-pyrrole nitrogens is 1. The van der Waals surface area contributed by atoms with Crippen LogP contribution in [-0.2, 0) is 25.8 Å². The van der Waals surface area contributed by atoms with E-state index >= 15 is 0 Å². The number of urea groups is 1. The summed E-state index contributed by atoms with van der Waals surface area (Å²) in [5, 5.41) is 12.5. The smallest absolute Gasteiger partial charge is 0.382 e. The number of hydrogen-bond acceptors (Lipinski definition) is 3. The number of carbonyl (C=O) groups is 1. The van der Waals surface area contributed by atoms with Crippen molar-refractivity contribution in [1.82, 2.24) is 15.2 Å². The zero-order chi connectivity index (χ0) is 22.6. The van der Waals surface area contributed by atoms with Gasteiger partial charge in [-0.3, -0.25) is 4.79 Å². The molecule has 1 heterocycles. The average molecular weight is 458 g/mol. The molecule has 2 amide bonds. The van der Waals surface area contributed by atoms with Gasteiger partial charge in [0, 0.05) is 29.4 Å². The lowest BCUT2D eigenvalue weighted by molar-refractivity contribution is -0.206. The molecule has 0 radical (unpaired) electrons. The van der Waals surface area contributed by atoms with Gasteiger partial charge in [0.1, 0.15) is 0 Å². The zero-order valence-electron chi connectivity index (χ0n) is 16.6. The third kappa shape index (κ3) is 6.24. The highest BCUT2D eigenvalue weighted by molar-refractivity contribution is 6.30. The third-order valence-corrected chi connectivity index (χ3v) is 5.49. The molecule has 2 aromatic rings. The van der Waals surface area contributed by atoms with E-state index in [2.05, 4.69) is 10.3 Å². The van der Waals surface area contributed by atoms with Crippen LogP contribution in [0.2, 0.25) is 5.02 Å². The number of fused-ring (bicyclic) bond motifs is 1. The van der Waals surface area contributed by atoms with Crippen molar-refractivity contribution < 1.29 is 23.1 Å². The number of aliphatic hydroxyl groups is 1. The summed E-state index contributed by atoms with van der Waals surface area (Å²) in [7, 11) is 0. The number of alkyl halides is 3. The van der Waals surface area contributed by atoms with Gasteiger partial charge in [-0.2, -0.15) is 13.2 Å². The van der Waals surface area contributed by atoms with Gasteiger partial charge in [-0.05, 0) is 55.0 Å². The first-order valence-corrected chi connectivity index (χ1v) is 10.3. The molecule has 1 unspecified atom stereocenters. The van der Waals surface area contributed by atoms with Crippen LogP contribution in [0.4, 0.5) is 18.0 Å². The van der Waals surface area contributed by atoms with E-state index in [0.717, 1.165) is 41.0 Å². The number of rotatable bonds is 7.